The molecule has 5 rings (SSSR count). The first-order valence-electron chi connectivity index (χ1n) is 16.4. The van der Waals surface area contributed by atoms with E-state index < -0.39 is 23.4 Å². The molecule has 9 atom stereocenters. The number of carboxylic acid groups (broad SMARTS) is 1. The third-order valence-electron chi connectivity index (χ3n) is 14.2. The zero-order chi connectivity index (χ0) is 30.4. The summed E-state index contributed by atoms with van der Waals surface area (Å²) in [6.45, 7) is 17.8. The van der Waals surface area contributed by atoms with Crippen molar-refractivity contribution in [3.8, 4) is 0 Å². The van der Waals surface area contributed by atoms with Crippen molar-refractivity contribution in [3.05, 3.63) is 11.6 Å². The Kier molecular flexibility index (Phi) is 7.42. The molecule has 0 aromatic carbocycles. The molecule has 0 heterocycles. The number of fused-ring (bicyclic) bond motifs is 7. The summed E-state index contributed by atoms with van der Waals surface area (Å²) < 4.78 is 0. The molecule has 3 N–H and O–H groups in total. The Hall–Kier alpha value is -1.40. The third-order valence-corrected chi connectivity index (χ3v) is 14.2. The summed E-state index contributed by atoms with van der Waals surface area (Å²) >= 11 is 0. The number of hydrogen-bond donors (Lipinski definition) is 3. The van der Waals surface area contributed by atoms with Crippen LogP contribution in [0.3, 0.4) is 0 Å². The standard InChI is InChI=1S/C35H58N2O4/c1-30(2)14-16-35(29(40)41)17-15-33(6)23(24(35)21-30)10-11-26-32(5)20-22(28(39)36-18-19-37(8)9)27(38)31(3,4)25(32)12-13-34(26,33)7/h10,22,24-27,38H,11-21H2,1-9H3,(H,36,39)(H,40,41)/t22-,24+,25+,26-,27+,32+,33-,34-,35+/m1/s1. The molecule has 0 saturated heterocycles. The summed E-state index contributed by atoms with van der Waals surface area (Å²) in [5, 5.41) is 25.4. The number of aliphatic carboxylic acids is 1. The van der Waals surface area contributed by atoms with Crippen LogP contribution in [0.25, 0.3) is 0 Å². The van der Waals surface area contributed by atoms with Crippen LogP contribution in [0.4, 0.5) is 0 Å². The van der Waals surface area contributed by atoms with Crippen LogP contribution < -0.4 is 5.32 Å². The van der Waals surface area contributed by atoms with Gasteiger partial charge in [0.05, 0.1) is 17.4 Å². The summed E-state index contributed by atoms with van der Waals surface area (Å²) in [7, 11) is 4.01. The highest BCUT2D eigenvalue weighted by molar-refractivity contribution is 5.79. The first kappa shape index (κ1) is 31.0. The Morgan fingerprint density at radius 3 is 2.24 bits per heavy atom. The van der Waals surface area contributed by atoms with E-state index in [1.807, 2.05) is 14.1 Å². The minimum Gasteiger partial charge on any atom is -0.481 e. The van der Waals surface area contributed by atoms with Crippen LogP contribution >= 0.6 is 0 Å². The van der Waals surface area contributed by atoms with Crippen molar-refractivity contribution < 1.29 is 19.8 Å². The van der Waals surface area contributed by atoms with Gasteiger partial charge >= 0.3 is 5.97 Å². The van der Waals surface area contributed by atoms with Crippen LogP contribution in [0, 0.1) is 56.2 Å². The lowest BCUT2D eigenvalue weighted by molar-refractivity contribution is -0.219. The van der Waals surface area contributed by atoms with E-state index in [4.69, 9.17) is 0 Å². The van der Waals surface area contributed by atoms with E-state index in [0.29, 0.717) is 24.8 Å². The lowest BCUT2D eigenvalue weighted by Gasteiger charge is -2.71. The van der Waals surface area contributed by atoms with E-state index in [0.717, 1.165) is 57.9 Å². The molecule has 1 amide bonds. The molecule has 6 heteroatoms. The van der Waals surface area contributed by atoms with Gasteiger partial charge in [-0.3, -0.25) is 9.59 Å². The molecule has 0 spiro atoms. The number of amides is 1. The topological polar surface area (TPSA) is 89.9 Å². The number of rotatable bonds is 5. The van der Waals surface area contributed by atoms with Crippen LogP contribution in [0.2, 0.25) is 0 Å². The van der Waals surface area contributed by atoms with Crippen molar-refractivity contribution in [2.75, 3.05) is 27.2 Å². The van der Waals surface area contributed by atoms with E-state index in [1.54, 1.807) is 0 Å². The molecule has 0 bridgehead atoms. The molecular weight excluding hydrogens is 512 g/mol. The van der Waals surface area contributed by atoms with E-state index in [-0.39, 0.29) is 38.9 Å². The van der Waals surface area contributed by atoms with Gasteiger partial charge in [0.2, 0.25) is 5.91 Å². The average Bonchev–Trinajstić information content (AvgIpc) is 2.86. The van der Waals surface area contributed by atoms with Gasteiger partial charge in [-0.05, 0) is 117 Å². The second kappa shape index (κ2) is 9.81. The van der Waals surface area contributed by atoms with Gasteiger partial charge in [0.25, 0.3) is 0 Å². The lowest BCUT2D eigenvalue weighted by Crippen LogP contribution is -2.67. The zero-order valence-corrected chi connectivity index (χ0v) is 27.4. The molecule has 4 fully saturated rings. The molecule has 0 aromatic rings. The van der Waals surface area contributed by atoms with Gasteiger partial charge in [-0.1, -0.05) is 60.1 Å². The van der Waals surface area contributed by atoms with E-state index >= 15 is 0 Å². The maximum absolute atomic E-state index is 13.6. The van der Waals surface area contributed by atoms with Gasteiger partial charge < -0.3 is 20.4 Å². The number of likely N-dealkylation sites (N-methyl/N-ethyl adjacent to an activating group) is 1. The maximum Gasteiger partial charge on any atom is 0.310 e. The number of carbonyl (C=O) groups excluding carboxylic acids is 1. The van der Waals surface area contributed by atoms with Crippen LogP contribution in [0.1, 0.15) is 106 Å². The number of aliphatic hydroxyl groups excluding tert-OH is 1. The quantitative estimate of drug-likeness (QED) is 0.346. The number of nitrogens with zero attached hydrogens (tertiary/aromatic N) is 1. The fourth-order valence-electron chi connectivity index (χ4n) is 11.6. The molecule has 0 aromatic heterocycles. The highest BCUT2D eigenvalue weighted by Crippen LogP contribution is 2.76. The van der Waals surface area contributed by atoms with Crippen molar-refractivity contribution in [2.45, 2.75) is 112 Å². The van der Waals surface area contributed by atoms with Gasteiger partial charge in [0, 0.05) is 13.1 Å². The van der Waals surface area contributed by atoms with Gasteiger partial charge in [0.15, 0.2) is 0 Å². The van der Waals surface area contributed by atoms with Crippen molar-refractivity contribution >= 4 is 11.9 Å². The number of aliphatic hydroxyl groups is 1. The van der Waals surface area contributed by atoms with E-state index in [9.17, 15) is 19.8 Å². The van der Waals surface area contributed by atoms with Gasteiger partial charge in [-0.25, -0.2) is 0 Å². The molecule has 0 unspecified atom stereocenters. The van der Waals surface area contributed by atoms with Crippen LogP contribution in [-0.2, 0) is 9.59 Å². The molecule has 5 aliphatic carbocycles. The summed E-state index contributed by atoms with van der Waals surface area (Å²) in [5.74, 6) is -0.186. The highest BCUT2D eigenvalue weighted by atomic mass is 16.4. The number of hydrogen-bond acceptors (Lipinski definition) is 4. The third kappa shape index (κ3) is 4.38. The Labute approximate surface area is 249 Å². The SMILES string of the molecule is CN(C)CCNC(=O)[C@@H]1C[C@]2(C)[C@H]3CC=C4[C@@H]5CC(C)(C)CC[C@]5(C(=O)O)CC[C@@]4(C)[C@]3(C)CC[C@H]2C(C)(C)[C@H]1O. The summed E-state index contributed by atoms with van der Waals surface area (Å²) in [5.41, 5.74) is 0.494. The van der Waals surface area contributed by atoms with E-state index in [1.165, 1.54) is 5.57 Å². The lowest BCUT2D eigenvalue weighted by atomic mass is 9.33. The largest absolute Gasteiger partial charge is 0.481 e. The van der Waals surface area contributed by atoms with Gasteiger partial charge in [0.1, 0.15) is 0 Å². The van der Waals surface area contributed by atoms with E-state index in [2.05, 4.69) is 64.8 Å². The van der Waals surface area contributed by atoms with Crippen LogP contribution in [-0.4, -0.2) is 60.3 Å². The summed E-state index contributed by atoms with van der Waals surface area (Å²) in [6, 6.07) is 0. The smallest absolute Gasteiger partial charge is 0.310 e. The normalized spacial score (nSPS) is 46.3. The van der Waals surface area contributed by atoms with Crippen molar-refractivity contribution in [1.82, 2.24) is 10.2 Å². The summed E-state index contributed by atoms with van der Waals surface area (Å²) in [4.78, 5) is 28.6. The second-order valence-electron chi connectivity index (χ2n) is 17.3. The molecule has 4 saturated carbocycles. The van der Waals surface area contributed by atoms with Gasteiger partial charge in [-0.15, -0.1) is 0 Å². The molecule has 0 aliphatic heterocycles. The molecule has 6 nitrogen and oxygen atoms in total. The Bertz CT molecular complexity index is 1110. The van der Waals surface area contributed by atoms with Crippen LogP contribution in [0.5, 0.6) is 0 Å². The monoisotopic (exact) mass is 570 g/mol. The number of nitrogens with one attached hydrogen (secondary N) is 1. The average molecular weight is 571 g/mol. The Balaban J connectivity index is 1.53. The first-order chi connectivity index (χ1) is 18.9. The molecule has 0 radical (unpaired) electrons. The van der Waals surface area contributed by atoms with Gasteiger partial charge in [-0.2, -0.15) is 0 Å². The highest BCUT2D eigenvalue weighted by Gasteiger charge is 2.70. The minimum absolute atomic E-state index is 0.00836. The van der Waals surface area contributed by atoms with Crippen molar-refractivity contribution in [3.63, 3.8) is 0 Å². The molecular formula is C35H58N2O4. The maximum atomic E-state index is 13.6. The number of allylic oxidation sites excluding steroid dienone is 2. The predicted molar refractivity (Wildman–Crippen MR) is 163 cm³/mol. The zero-order valence-electron chi connectivity index (χ0n) is 27.4. The fraction of sp³-hybridized carbons (Fsp3) is 0.886. The summed E-state index contributed by atoms with van der Waals surface area (Å²) in [6.07, 6.45) is 10.0. The van der Waals surface area contributed by atoms with Crippen LogP contribution in [0.15, 0.2) is 11.6 Å². The molecule has 5 aliphatic rings. The molecule has 41 heavy (non-hydrogen) atoms. The minimum atomic E-state index is -0.662. The number of carboxylic acids is 1. The van der Waals surface area contributed by atoms with Crippen molar-refractivity contribution in [1.29, 1.82) is 0 Å². The number of carbonyl (C=O) groups is 2. The molecule has 232 valence electrons. The predicted octanol–water partition coefficient (Wildman–Crippen LogP) is 6.14. The Morgan fingerprint density at radius 2 is 1.61 bits per heavy atom. The fourth-order valence-corrected chi connectivity index (χ4v) is 11.6. The first-order valence-corrected chi connectivity index (χ1v) is 16.4. The Morgan fingerprint density at radius 1 is 0.951 bits per heavy atom. The van der Waals surface area contributed by atoms with Crippen molar-refractivity contribution in [2.24, 2.45) is 56.2 Å². The second-order valence-corrected chi connectivity index (χ2v) is 17.3.